The number of rotatable bonds is 5. The molecule has 4 heterocycles. The van der Waals surface area contributed by atoms with Crippen molar-refractivity contribution in [3.63, 3.8) is 0 Å². The molecule has 9 heteroatoms. The maximum atomic E-state index is 14.3. The molecule has 0 amide bonds. The fraction of sp³-hybridized carbons (Fsp3) is 0.217. The van der Waals surface area contributed by atoms with E-state index >= 15 is 0 Å². The second kappa shape index (κ2) is 7.99. The third kappa shape index (κ3) is 3.55. The first kappa shape index (κ1) is 20.0. The zero-order valence-electron chi connectivity index (χ0n) is 17.5. The summed E-state index contributed by atoms with van der Waals surface area (Å²) in [7, 11) is 1.57. The van der Waals surface area contributed by atoms with Gasteiger partial charge in [-0.2, -0.15) is 5.10 Å². The van der Waals surface area contributed by atoms with Gasteiger partial charge in [-0.05, 0) is 43.7 Å². The fourth-order valence-corrected chi connectivity index (χ4v) is 3.93. The fourth-order valence-electron chi connectivity index (χ4n) is 3.93. The van der Waals surface area contributed by atoms with Crippen LogP contribution in [-0.4, -0.2) is 36.4 Å². The number of aryl methyl sites for hydroxylation is 2. The van der Waals surface area contributed by atoms with Crippen molar-refractivity contribution in [2.24, 2.45) is 0 Å². The monoisotopic (exact) mass is 434 g/mol. The zero-order chi connectivity index (χ0) is 22.2. The van der Waals surface area contributed by atoms with E-state index in [1.54, 1.807) is 36.3 Å². The predicted molar refractivity (Wildman–Crippen MR) is 114 cm³/mol. The van der Waals surface area contributed by atoms with Gasteiger partial charge in [0.1, 0.15) is 11.5 Å². The van der Waals surface area contributed by atoms with Crippen LogP contribution >= 0.6 is 0 Å². The van der Waals surface area contributed by atoms with Gasteiger partial charge in [-0.25, -0.2) is 28.4 Å². The number of benzene rings is 1. The number of imidazole rings is 1. The number of hydrogen-bond acceptors (Lipinski definition) is 5. The summed E-state index contributed by atoms with van der Waals surface area (Å²) in [5.74, 6) is -0.421. The molecular formula is C23H20F2N6O. The predicted octanol–water partition coefficient (Wildman–Crippen LogP) is 4.16. The van der Waals surface area contributed by atoms with Gasteiger partial charge >= 0.3 is 0 Å². The molecule has 7 nitrogen and oxygen atoms in total. The average molecular weight is 434 g/mol. The van der Waals surface area contributed by atoms with Gasteiger partial charge in [0.25, 0.3) is 0 Å². The van der Waals surface area contributed by atoms with Crippen LogP contribution in [0.1, 0.15) is 40.9 Å². The van der Waals surface area contributed by atoms with Gasteiger partial charge in [-0.3, -0.25) is 0 Å². The highest BCUT2D eigenvalue weighted by molar-refractivity contribution is 5.65. The molecule has 3 aromatic heterocycles. The number of ether oxygens (including phenoxy) is 1. The molecule has 0 spiro atoms. The molecule has 0 N–H and O–H groups in total. The SMILES string of the molecule is COc1nc(/C=C/c2nc3n(n2)CCC3c2cccc(F)c2F)ccc1-n1cnc(C)c1. The minimum Gasteiger partial charge on any atom is -0.479 e. The van der Waals surface area contributed by atoms with E-state index in [4.69, 9.17) is 4.74 Å². The number of fused-ring (bicyclic) bond motifs is 1. The molecule has 0 aliphatic carbocycles. The minimum absolute atomic E-state index is 0.309. The maximum Gasteiger partial charge on any atom is 0.238 e. The lowest BCUT2D eigenvalue weighted by molar-refractivity contribution is 0.395. The summed E-state index contributed by atoms with van der Waals surface area (Å²) in [6.07, 6.45) is 7.76. The van der Waals surface area contributed by atoms with E-state index in [2.05, 4.69) is 20.1 Å². The molecule has 0 fully saturated rings. The van der Waals surface area contributed by atoms with Crippen LogP contribution in [0, 0.1) is 18.6 Å². The number of nitrogens with zero attached hydrogens (tertiary/aromatic N) is 6. The Morgan fingerprint density at radius 2 is 2.00 bits per heavy atom. The van der Waals surface area contributed by atoms with E-state index in [-0.39, 0.29) is 5.92 Å². The summed E-state index contributed by atoms with van der Waals surface area (Å²) < 4.78 is 37.0. The highest BCUT2D eigenvalue weighted by Crippen LogP contribution is 2.34. The van der Waals surface area contributed by atoms with Crippen molar-refractivity contribution in [2.75, 3.05) is 7.11 Å². The number of aromatic nitrogens is 6. The number of halogens is 2. The van der Waals surface area contributed by atoms with Gasteiger partial charge in [-0.15, -0.1) is 0 Å². The highest BCUT2D eigenvalue weighted by atomic mass is 19.2. The van der Waals surface area contributed by atoms with Crippen LogP contribution in [0.3, 0.4) is 0 Å². The lowest BCUT2D eigenvalue weighted by Gasteiger charge is -2.09. The van der Waals surface area contributed by atoms with E-state index in [0.29, 0.717) is 41.8 Å². The Morgan fingerprint density at radius 3 is 2.78 bits per heavy atom. The molecule has 162 valence electrons. The molecule has 1 atom stereocenters. The van der Waals surface area contributed by atoms with Crippen LogP contribution in [0.15, 0.2) is 42.9 Å². The largest absolute Gasteiger partial charge is 0.479 e. The summed E-state index contributed by atoms with van der Waals surface area (Å²) in [5, 5.41) is 4.48. The van der Waals surface area contributed by atoms with Crippen LogP contribution in [0.2, 0.25) is 0 Å². The van der Waals surface area contributed by atoms with Gasteiger partial charge in [-0.1, -0.05) is 12.1 Å². The molecule has 0 saturated carbocycles. The van der Waals surface area contributed by atoms with Crippen molar-refractivity contribution < 1.29 is 13.5 Å². The van der Waals surface area contributed by atoms with Gasteiger partial charge in [0, 0.05) is 24.2 Å². The van der Waals surface area contributed by atoms with Gasteiger partial charge in [0.05, 0.1) is 24.8 Å². The van der Waals surface area contributed by atoms with Gasteiger partial charge in [0.15, 0.2) is 17.5 Å². The second-order valence-corrected chi connectivity index (χ2v) is 7.56. The first-order valence-electron chi connectivity index (χ1n) is 10.2. The van der Waals surface area contributed by atoms with Gasteiger partial charge < -0.3 is 9.30 Å². The summed E-state index contributed by atoms with van der Waals surface area (Å²) >= 11 is 0. The third-order valence-electron chi connectivity index (χ3n) is 5.46. The van der Waals surface area contributed by atoms with Crippen LogP contribution in [0.5, 0.6) is 5.88 Å². The summed E-state index contributed by atoms with van der Waals surface area (Å²) in [6, 6.07) is 7.99. The molecule has 5 rings (SSSR count). The van der Waals surface area contributed by atoms with Crippen molar-refractivity contribution in [1.82, 2.24) is 29.3 Å². The Kier molecular flexibility index (Phi) is 5.01. The lowest BCUT2D eigenvalue weighted by Crippen LogP contribution is -2.03. The van der Waals surface area contributed by atoms with E-state index < -0.39 is 11.6 Å². The number of pyridine rings is 1. The minimum atomic E-state index is -0.852. The Bertz CT molecular complexity index is 1330. The summed E-state index contributed by atoms with van der Waals surface area (Å²) in [6.45, 7) is 2.51. The second-order valence-electron chi connectivity index (χ2n) is 7.56. The number of hydrogen-bond donors (Lipinski definition) is 0. The maximum absolute atomic E-state index is 14.3. The van der Waals surface area contributed by atoms with Crippen molar-refractivity contribution in [3.8, 4) is 11.6 Å². The van der Waals surface area contributed by atoms with Crippen molar-refractivity contribution >= 4 is 12.2 Å². The van der Waals surface area contributed by atoms with Crippen molar-refractivity contribution in [3.05, 3.63) is 83.1 Å². The van der Waals surface area contributed by atoms with Crippen LogP contribution in [0.4, 0.5) is 8.78 Å². The zero-order valence-corrected chi connectivity index (χ0v) is 17.5. The summed E-state index contributed by atoms with van der Waals surface area (Å²) in [5.41, 5.74) is 2.66. The molecule has 32 heavy (non-hydrogen) atoms. The molecular weight excluding hydrogens is 414 g/mol. The van der Waals surface area contributed by atoms with E-state index in [9.17, 15) is 8.78 Å². The Hall–Kier alpha value is -3.88. The Morgan fingerprint density at radius 1 is 1.12 bits per heavy atom. The van der Waals surface area contributed by atoms with Crippen LogP contribution in [0.25, 0.3) is 17.8 Å². The first-order chi connectivity index (χ1) is 15.5. The standard InChI is InChI=1S/C23H20F2N6O/c1-14-12-30(13-26-14)19-8-6-15(27-23(19)32-2)7-9-20-28-22-17(10-11-31(22)29-20)16-4-3-5-18(24)21(16)25/h3-9,12-13,17H,10-11H2,1-2H3/b9-7+. The molecule has 4 aromatic rings. The van der Waals surface area contributed by atoms with E-state index in [0.717, 1.165) is 17.4 Å². The molecule has 1 aliphatic heterocycles. The van der Waals surface area contributed by atoms with Crippen molar-refractivity contribution in [1.29, 1.82) is 0 Å². The summed E-state index contributed by atoms with van der Waals surface area (Å²) in [4.78, 5) is 13.3. The molecule has 0 saturated heterocycles. The van der Waals surface area contributed by atoms with Gasteiger partial charge in [0.2, 0.25) is 5.88 Å². The highest BCUT2D eigenvalue weighted by Gasteiger charge is 2.30. The molecule has 1 aliphatic rings. The number of methoxy groups -OCH3 is 1. The van der Waals surface area contributed by atoms with Crippen LogP contribution in [-0.2, 0) is 6.54 Å². The van der Waals surface area contributed by atoms with E-state index in [1.165, 1.54) is 6.07 Å². The first-order valence-corrected chi connectivity index (χ1v) is 10.2. The molecule has 0 radical (unpaired) electrons. The average Bonchev–Trinajstić information content (AvgIpc) is 3.50. The molecule has 0 bridgehead atoms. The Labute approximate surface area is 183 Å². The quantitative estimate of drug-likeness (QED) is 0.472. The smallest absolute Gasteiger partial charge is 0.238 e. The Balaban J connectivity index is 1.40. The van der Waals surface area contributed by atoms with Crippen LogP contribution < -0.4 is 4.74 Å². The topological polar surface area (TPSA) is 70.7 Å². The third-order valence-corrected chi connectivity index (χ3v) is 5.46. The molecule has 1 unspecified atom stereocenters. The van der Waals surface area contributed by atoms with Crippen molar-refractivity contribution in [2.45, 2.75) is 25.8 Å². The normalized spacial score (nSPS) is 15.4. The van der Waals surface area contributed by atoms with E-state index in [1.807, 2.05) is 29.8 Å². The molecule has 1 aromatic carbocycles. The lowest BCUT2D eigenvalue weighted by atomic mass is 9.96.